The molecule has 3 rings (SSSR count). The van der Waals surface area contributed by atoms with Crippen molar-refractivity contribution in [2.45, 2.75) is 63.6 Å². The van der Waals surface area contributed by atoms with Crippen molar-refractivity contribution in [3.05, 3.63) is 29.3 Å². The van der Waals surface area contributed by atoms with E-state index in [0.29, 0.717) is 6.10 Å². The molecule has 0 aromatic heterocycles. The zero-order valence-corrected chi connectivity index (χ0v) is 10.9. The Kier molecular flexibility index (Phi) is 3.55. The van der Waals surface area contributed by atoms with Gasteiger partial charge in [-0.3, -0.25) is 0 Å². The van der Waals surface area contributed by atoms with Gasteiger partial charge in [0.15, 0.2) is 0 Å². The van der Waals surface area contributed by atoms with E-state index in [1.807, 2.05) is 12.1 Å². The monoisotopic (exact) mass is 246 g/mol. The standard InChI is InChI=1S/C16H22O2/c17-16-10-7-12-11-14(8-9-15(12)16)18-13-5-3-1-2-4-6-13/h8-9,11,13,16-17H,1-7,10H2/t16-/m0/s1. The van der Waals surface area contributed by atoms with Crippen LogP contribution in [0.2, 0.25) is 0 Å². The molecule has 18 heavy (non-hydrogen) atoms. The first-order chi connectivity index (χ1) is 8.83. The van der Waals surface area contributed by atoms with Crippen molar-refractivity contribution >= 4 is 0 Å². The molecule has 1 N–H and O–H groups in total. The summed E-state index contributed by atoms with van der Waals surface area (Å²) < 4.78 is 6.11. The van der Waals surface area contributed by atoms with Crippen LogP contribution in [-0.2, 0) is 6.42 Å². The van der Waals surface area contributed by atoms with E-state index in [1.54, 1.807) is 0 Å². The summed E-state index contributed by atoms with van der Waals surface area (Å²) in [7, 11) is 0. The highest BCUT2D eigenvalue weighted by Crippen LogP contribution is 2.34. The average Bonchev–Trinajstić information content (AvgIpc) is 2.60. The highest BCUT2D eigenvalue weighted by atomic mass is 16.5. The molecule has 1 fully saturated rings. The lowest BCUT2D eigenvalue weighted by Gasteiger charge is -2.17. The number of benzene rings is 1. The Labute approximate surface area is 109 Å². The quantitative estimate of drug-likeness (QED) is 0.805. The van der Waals surface area contributed by atoms with Crippen LogP contribution in [-0.4, -0.2) is 11.2 Å². The van der Waals surface area contributed by atoms with Crippen LogP contribution in [0.3, 0.4) is 0 Å². The Balaban J connectivity index is 1.69. The van der Waals surface area contributed by atoms with E-state index >= 15 is 0 Å². The van der Waals surface area contributed by atoms with Crippen molar-refractivity contribution in [3.63, 3.8) is 0 Å². The fraction of sp³-hybridized carbons (Fsp3) is 0.625. The number of aryl methyl sites for hydroxylation is 1. The lowest BCUT2D eigenvalue weighted by Crippen LogP contribution is -2.15. The lowest BCUT2D eigenvalue weighted by atomic mass is 10.1. The predicted octanol–water partition coefficient (Wildman–Crippen LogP) is 3.77. The largest absolute Gasteiger partial charge is 0.490 e. The third-order valence-electron chi connectivity index (χ3n) is 4.27. The third-order valence-corrected chi connectivity index (χ3v) is 4.27. The normalized spacial score (nSPS) is 24.6. The number of fused-ring (bicyclic) bond motifs is 1. The summed E-state index contributed by atoms with van der Waals surface area (Å²) in [6, 6.07) is 6.20. The van der Waals surface area contributed by atoms with Crippen molar-refractivity contribution in [1.82, 2.24) is 0 Å². The molecule has 2 heteroatoms. The smallest absolute Gasteiger partial charge is 0.120 e. The predicted molar refractivity (Wildman–Crippen MR) is 71.8 cm³/mol. The first-order valence-electron chi connectivity index (χ1n) is 7.30. The number of ether oxygens (including phenoxy) is 1. The van der Waals surface area contributed by atoms with Gasteiger partial charge in [-0.15, -0.1) is 0 Å². The molecule has 1 aromatic rings. The van der Waals surface area contributed by atoms with Crippen LogP contribution in [0.1, 0.15) is 62.2 Å². The topological polar surface area (TPSA) is 29.5 Å². The molecular formula is C16H22O2. The maximum absolute atomic E-state index is 9.79. The van der Waals surface area contributed by atoms with Crippen LogP contribution in [0.5, 0.6) is 5.75 Å². The van der Waals surface area contributed by atoms with Crippen molar-refractivity contribution in [3.8, 4) is 5.75 Å². The van der Waals surface area contributed by atoms with Crippen LogP contribution < -0.4 is 4.74 Å². The summed E-state index contributed by atoms with van der Waals surface area (Å²) >= 11 is 0. The molecule has 0 bridgehead atoms. The van der Waals surface area contributed by atoms with E-state index in [1.165, 1.54) is 44.1 Å². The first-order valence-corrected chi connectivity index (χ1v) is 7.30. The molecule has 1 atom stereocenters. The highest BCUT2D eigenvalue weighted by molar-refractivity contribution is 5.39. The first kappa shape index (κ1) is 12.0. The van der Waals surface area contributed by atoms with Gasteiger partial charge in [0.2, 0.25) is 0 Å². The summed E-state index contributed by atoms with van der Waals surface area (Å²) in [5.41, 5.74) is 2.37. The Hall–Kier alpha value is -1.02. The summed E-state index contributed by atoms with van der Waals surface area (Å²) in [4.78, 5) is 0. The molecule has 0 heterocycles. The molecule has 2 nitrogen and oxygen atoms in total. The molecule has 1 aromatic carbocycles. The second kappa shape index (κ2) is 5.31. The van der Waals surface area contributed by atoms with Crippen LogP contribution in [0, 0.1) is 0 Å². The minimum Gasteiger partial charge on any atom is -0.490 e. The Morgan fingerprint density at radius 2 is 1.78 bits per heavy atom. The Morgan fingerprint density at radius 1 is 1.00 bits per heavy atom. The molecule has 0 amide bonds. The number of rotatable bonds is 2. The fourth-order valence-corrected chi connectivity index (χ4v) is 3.20. The van der Waals surface area contributed by atoms with Gasteiger partial charge in [0.1, 0.15) is 5.75 Å². The maximum atomic E-state index is 9.79. The van der Waals surface area contributed by atoms with Crippen molar-refractivity contribution in [2.24, 2.45) is 0 Å². The molecule has 0 radical (unpaired) electrons. The number of hydrogen-bond donors (Lipinski definition) is 1. The second-order valence-corrected chi connectivity index (χ2v) is 5.65. The van der Waals surface area contributed by atoms with Gasteiger partial charge < -0.3 is 9.84 Å². The molecular weight excluding hydrogens is 224 g/mol. The molecule has 0 unspecified atom stereocenters. The maximum Gasteiger partial charge on any atom is 0.120 e. The molecule has 1 saturated carbocycles. The van der Waals surface area contributed by atoms with Crippen LogP contribution in [0.4, 0.5) is 0 Å². The molecule has 98 valence electrons. The van der Waals surface area contributed by atoms with E-state index < -0.39 is 0 Å². The zero-order valence-electron chi connectivity index (χ0n) is 10.9. The van der Waals surface area contributed by atoms with E-state index in [9.17, 15) is 5.11 Å². The minimum atomic E-state index is -0.257. The molecule has 0 spiro atoms. The highest BCUT2D eigenvalue weighted by Gasteiger charge is 2.21. The van der Waals surface area contributed by atoms with E-state index in [4.69, 9.17) is 4.74 Å². The van der Waals surface area contributed by atoms with E-state index in [2.05, 4.69) is 6.07 Å². The van der Waals surface area contributed by atoms with Gasteiger partial charge in [0.25, 0.3) is 0 Å². The van der Waals surface area contributed by atoms with Gasteiger partial charge in [0, 0.05) is 0 Å². The lowest BCUT2D eigenvalue weighted by molar-refractivity contribution is 0.179. The fourth-order valence-electron chi connectivity index (χ4n) is 3.20. The molecule has 2 aliphatic rings. The van der Waals surface area contributed by atoms with Gasteiger partial charge in [-0.05, 0) is 61.8 Å². The SMILES string of the molecule is O[C@H]1CCc2cc(OC3CCCCCC3)ccc21. The average molecular weight is 246 g/mol. The Bertz CT molecular complexity index is 406. The van der Waals surface area contributed by atoms with Gasteiger partial charge in [-0.25, -0.2) is 0 Å². The van der Waals surface area contributed by atoms with Gasteiger partial charge >= 0.3 is 0 Å². The summed E-state index contributed by atoms with van der Waals surface area (Å²) in [5, 5.41) is 9.79. The van der Waals surface area contributed by atoms with Crippen molar-refractivity contribution < 1.29 is 9.84 Å². The van der Waals surface area contributed by atoms with Gasteiger partial charge in [-0.2, -0.15) is 0 Å². The van der Waals surface area contributed by atoms with E-state index in [-0.39, 0.29) is 6.10 Å². The van der Waals surface area contributed by atoms with Gasteiger partial charge in [-0.1, -0.05) is 18.9 Å². The molecule has 2 aliphatic carbocycles. The Morgan fingerprint density at radius 3 is 2.56 bits per heavy atom. The van der Waals surface area contributed by atoms with Gasteiger partial charge in [0.05, 0.1) is 12.2 Å². The second-order valence-electron chi connectivity index (χ2n) is 5.65. The van der Waals surface area contributed by atoms with Crippen LogP contribution >= 0.6 is 0 Å². The summed E-state index contributed by atoms with van der Waals surface area (Å²) in [6.07, 6.45) is 9.69. The summed E-state index contributed by atoms with van der Waals surface area (Å²) in [6.45, 7) is 0. The van der Waals surface area contributed by atoms with Crippen LogP contribution in [0.15, 0.2) is 18.2 Å². The number of hydrogen-bond acceptors (Lipinski definition) is 2. The third kappa shape index (κ3) is 2.54. The molecule has 0 aliphatic heterocycles. The van der Waals surface area contributed by atoms with Crippen molar-refractivity contribution in [2.75, 3.05) is 0 Å². The minimum absolute atomic E-state index is 0.257. The van der Waals surface area contributed by atoms with E-state index in [0.717, 1.165) is 24.2 Å². The zero-order chi connectivity index (χ0) is 12.4. The van der Waals surface area contributed by atoms with Crippen LogP contribution in [0.25, 0.3) is 0 Å². The number of aliphatic hydroxyl groups excluding tert-OH is 1. The summed E-state index contributed by atoms with van der Waals surface area (Å²) in [5.74, 6) is 0.995. The number of aliphatic hydroxyl groups is 1. The molecule has 0 saturated heterocycles. The van der Waals surface area contributed by atoms with Crippen molar-refractivity contribution in [1.29, 1.82) is 0 Å².